The number of amides is 2. The smallest absolute Gasteiger partial charge is 0.335 e. The summed E-state index contributed by atoms with van der Waals surface area (Å²) in [4.78, 5) is 35.6. The van der Waals surface area contributed by atoms with Gasteiger partial charge in [-0.25, -0.2) is 4.79 Å². The molecule has 1 atom stereocenters. The number of carbonyl (C=O) groups excluding carboxylic acids is 2. The summed E-state index contributed by atoms with van der Waals surface area (Å²) in [6.45, 7) is 1.88. The van der Waals surface area contributed by atoms with E-state index in [9.17, 15) is 14.4 Å². The first kappa shape index (κ1) is 14.0. The molecule has 106 valence electrons. The van der Waals surface area contributed by atoms with E-state index >= 15 is 0 Å². The van der Waals surface area contributed by atoms with Gasteiger partial charge in [-0.3, -0.25) is 9.59 Å². The zero-order chi connectivity index (χ0) is 14.9. The number of hydrogen-bond acceptors (Lipinski definition) is 3. The molecule has 3 N–H and O–H groups in total. The van der Waals surface area contributed by atoms with Crippen molar-refractivity contribution in [1.82, 2.24) is 0 Å². The van der Waals surface area contributed by atoms with E-state index in [1.165, 1.54) is 11.0 Å². The Labute approximate surface area is 116 Å². The first-order valence-electron chi connectivity index (χ1n) is 6.36. The number of aryl methyl sites for hydroxylation is 1. The molecule has 0 aromatic heterocycles. The molecule has 20 heavy (non-hydrogen) atoms. The molecule has 6 heteroatoms. The molecule has 1 unspecified atom stereocenters. The van der Waals surface area contributed by atoms with Crippen LogP contribution in [0.3, 0.4) is 0 Å². The number of benzene rings is 1. The summed E-state index contributed by atoms with van der Waals surface area (Å²) in [6, 6.07) is 4.65. The van der Waals surface area contributed by atoms with Gasteiger partial charge in [-0.1, -0.05) is 6.92 Å². The number of carboxylic acid groups (broad SMARTS) is 1. The lowest BCUT2D eigenvalue weighted by molar-refractivity contribution is -0.121. The largest absolute Gasteiger partial charge is 0.478 e. The molecule has 1 aliphatic heterocycles. The van der Waals surface area contributed by atoms with E-state index in [1.807, 2.05) is 0 Å². The highest BCUT2D eigenvalue weighted by Crippen LogP contribution is 2.29. The number of rotatable bonds is 4. The maximum absolute atomic E-state index is 12.0. The number of primary amides is 1. The molecule has 0 radical (unpaired) electrons. The van der Waals surface area contributed by atoms with Gasteiger partial charge in [0.05, 0.1) is 11.5 Å². The van der Waals surface area contributed by atoms with Crippen LogP contribution < -0.4 is 10.6 Å². The normalized spacial score (nSPS) is 15.7. The molecule has 6 nitrogen and oxygen atoms in total. The third-order valence-corrected chi connectivity index (χ3v) is 3.47. The first-order chi connectivity index (χ1) is 9.40. The molecule has 1 aliphatic rings. The molecule has 1 aromatic rings. The highest BCUT2D eigenvalue weighted by molar-refractivity contribution is 5.98. The minimum atomic E-state index is -0.998. The number of nitrogens with two attached hydrogens (primary N) is 1. The van der Waals surface area contributed by atoms with Crippen LogP contribution in [0.4, 0.5) is 5.69 Å². The summed E-state index contributed by atoms with van der Waals surface area (Å²) < 4.78 is 0. The van der Waals surface area contributed by atoms with Crippen LogP contribution in [-0.4, -0.2) is 29.4 Å². The van der Waals surface area contributed by atoms with Crippen molar-refractivity contribution in [2.75, 3.05) is 11.4 Å². The second-order valence-corrected chi connectivity index (χ2v) is 4.96. The molecule has 0 fully saturated rings. The van der Waals surface area contributed by atoms with Crippen molar-refractivity contribution in [3.8, 4) is 0 Å². The average molecular weight is 276 g/mol. The van der Waals surface area contributed by atoms with Gasteiger partial charge in [-0.2, -0.15) is 0 Å². The maximum Gasteiger partial charge on any atom is 0.335 e. The minimum Gasteiger partial charge on any atom is -0.478 e. The summed E-state index contributed by atoms with van der Waals surface area (Å²) in [5.74, 6) is -1.99. The van der Waals surface area contributed by atoms with Crippen molar-refractivity contribution in [2.45, 2.75) is 19.8 Å². The lowest BCUT2D eigenvalue weighted by atomic mass is 9.97. The molecule has 0 spiro atoms. The highest BCUT2D eigenvalue weighted by atomic mass is 16.4. The lowest BCUT2D eigenvalue weighted by Gasteiger charge is -2.31. The molecular formula is C14H16N2O4. The van der Waals surface area contributed by atoms with Crippen LogP contribution in [0.5, 0.6) is 0 Å². The van der Waals surface area contributed by atoms with Crippen molar-refractivity contribution in [2.24, 2.45) is 11.7 Å². The summed E-state index contributed by atoms with van der Waals surface area (Å²) in [5.41, 5.74) is 6.90. The monoisotopic (exact) mass is 276 g/mol. The van der Waals surface area contributed by atoms with Gasteiger partial charge in [0, 0.05) is 18.7 Å². The fraction of sp³-hybridized carbons (Fsp3) is 0.357. The molecule has 1 heterocycles. The van der Waals surface area contributed by atoms with Crippen molar-refractivity contribution < 1.29 is 19.5 Å². The van der Waals surface area contributed by atoms with Crippen molar-refractivity contribution >= 4 is 23.5 Å². The average Bonchev–Trinajstić information content (AvgIpc) is 2.41. The zero-order valence-corrected chi connectivity index (χ0v) is 11.1. The van der Waals surface area contributed by atoms with Gasteiger partial charge >= 0.3 is 5.97 Å². The Hall–Kier alpha value is -2.37. The van der Waals surface area contributed by atoms with E-state index in [2.05, 4.69) is 0 Å². The van der Waals surface area contributed by atoms with Gasteiger partial charge in [0.1, 0.15) is 0 Å². The Morgan fingerprint density at radius 2 is 2.10 bits per heavy atom. The van der Waals surface area contributed by atoms with E-state index in [0.29, 0.717) is 18.5 Å². The Kier molecular flexibility index (Phi) is 3.74. The Morgan fingerprint density at radius 3 is 2.70 bits per heavy atom. The lowest BCUT2D eigenvalue weighted by Crippen LogP contribution is -2.41. The van der Waals surface area contributed by atoms with Gasteiger partial charge < -0.3 is 15.7 Å². The molecular weight excluding hydrogens is 260 g/mol. The molecule has 0 aliphatic carbocycles. The number of hydrogen-bond donors (Lipinski definition) is 2. The number of aromatic carboxylic acids is 1. The summed E-state index contributed by atoms with van der Waals surface area (Å²) >= 11 is 0. The Bertz CT molecular complexity index is 583. The van der Waals surface area contributed by atoms with Crippen molar-refractivity contribution in [3.63, 3.8) is 0 Å². The highest BCUT2D eigenvalue weighted by Gasteiger charge is 2.27. The first-order valence-corrected chi connectivity index (χ1v) is 6.36. The summed E-state index contributed by atoms with van der Waals surface area (Å²) in [7, 11) is 0. The van der Waals surface area contributed by atoms with E-state index in [0.717, 1.165) is 5.56 Å². The second-order valence-electron chi connectivity index (χ2n) is 4.96. The van der Waals surface area contributed by atoms with Gasteiger partial charge in [0.2, 0.25) is 11.8 Å². The quantitative estimate of drug-likeness (QED) is 0.848. The predicted molar refractivity (Wildman–Crippen MR) is 72.4 cm³/mol. The van der Waals surface area contributed by atoms with Gasteiger partial charge in [0.25, 0.3) is 0 Å². The van der Waals surface area contributed by atoms with E-state index in [-0.39, 0.29) is 18.0 Å². The summed E-state index contributed by atoms with van der Waals surface area (Å²) in [6.07, 6.45) is 0.818. The van der Waals surface area contributed by atoms with E-state index < -0.39 is 17.8 Å². The number of nitrogens with zero attached hydrogens (tertiary/aromatic N) is 1. The Balaban J connectivity index is 2.34. The number of carbonyl (C=O) groups is 3. The maximum atomic E-state index is 12.0. The van der Waals surface area contributed by atoms with Gasteiger partial charge in [0.15, 0.2) is 0 Å². The van der Waals surface area contributed by atoms with Crippen LogP contribution in [0.15, 0.2) is 18.2 Å². The standard InChI is InChI=1S/C14H16N2O4/c1-8(13(15)18)7-16-11-4-2-10(14(19)20)6-9(11)3-5-12(16)17/h2,4,6,8H,3,5,7H2,1H3,(H2,15,18)(H,19,20). The van der Waals surface area contributed by atoms with E-state index in [1.54, 1.807) is 19.1 Å². The van der Waals surface area contributed by atoms with Crippen LogP contribution in [0.25, 0.3) is 0 Å². The molecule has 0 saturated heterocycles. The second kappa shape index (κ2) is 5.32. The Morgan fingerprint density at radius 1 is 1.40 bits per heavy atom. The molecule has 2 rings (SSSR count). The predicted octanol–water partition coefficient (Wildman–Crippen LogP) is 0.785. The van der Waals surface area contributed by atoms with Crippen LogP contribution in [-0.2, 0) is 16.0 Å². The fourth-order valence-electron chi connectivity index (χ4n) is 2.26. The third kappa shape index (κ3) is 2.64. The van der Waals surface area contributed by atoms with Crippen molar-refractivity contribution in [1.29, 1.82) is 0 Å². The summed E-state index contributed by atoms with van der Waals surface area (Å²) in [5, 5.41) is 8.98. The third-order valence-electron chi connectivity index (χ3n) is 3.47. The van der Waals surface area contributed by atoms with Crippen molar-refractivity contribution in [3.05, 3.63) is 29.3 Å². The molecule has 0 saturated carbocycles. The van der Waals surface area contributed by atoms with Crippen LogP contribution in [0, 0.1) is 5.92 Å². The van der Waals surface area contributed by atoms with Crippen LogP contribution >= 0.6 is 0 Å². The zero-order valence-electron chi connectivity index (χ0n) is 11.1. The fourth-order valence-corrected chi connectivity index (χ4v) is 2.26. The number of fused-ring (bicyclic) bond motifs is 1. The SMILES string of the molecule is CC(CN1C(=O)CCc2cc(C(=O)O)ccc21)C(N)=O. The topological polar surface area (TPSA) is 101 Å². The van der Waals surface area contributed by atoms with Gasteiger partial charge in [-0.05, 0) is 30.2 Å². The van der Waals surface area contributed by atoms with Crippen LogP contribution in [0.1, 0.15) is 29.3 Å². The molecule has 1 aromatic carbocycles. The minimum absolute atomic E-state index is 0.0753. The van der Waals surface area contributed by atoms with Gasteiger partial charge in [-0.15, -0.1) is 0 Å². The molecule has 0 bridgehead atoms. The number of anilines is 1. The number of carboxylic acids is 1. The molecule has 2 amide bonds. The van der Waals surface area contributed by atoms with E-state index in [4.69, 9.17) is 10.8 Å². The van der Waals surface area contributed by atoms with Crippen LogP contribution in [0.2, 0.25) is 0 Å².